The number of nitrogens with two attached hydrogens (primary N) is 1. The summed E-state index contributed by atoms with van der Waals surface area (Å²) in [6.45, 7) is 7.54. The third kappa shape index (κ3) is 3.94. The zero-order valence-corrected chi connectivity index (χ0v) is 11.2. The molecule has 3 N–H and O–H groups in total. The van der Waals surface area contributed by atoms with E-state index >= 15 is 0 Å². The maximum atomic E-state index is 9.09. The Bertz CT molecular complexity index is 424. The van der Waals surface area contributed by atoms with Gasteiger partial charge in [-0.3, -0.25) is 0 Å². The lowest BCUT2D eigenvalue weighted by Gasteiger charge is -2.24. The van der Waals surface area contributed by atoms with Crippen molar-refractivity contribution in [3.63, 3.8) is 0 Å². The molecule has 98 valence electrons. The van der Waals surface area contributed by atoms with E-state index in [9.17, 15) is 0 Å². The number of ether oxygens (including phenoxy) is 1. The predicted octanol–water partition coefficient (Wildman–Crippen LogP) is 2.61. The van der Waals surface area contributed by atoms with Gasteiger partial charge in [-0.05, 0) is 31.0 Å². The van der Waals surface area contributed by atoms with Gasteiger partial charge in [0.1, 0.15) is 6.07 Å². The monoisotopic (exact) mass is 247 g/mol. The highest BCUT2D eigenvalue weighted by Gasteiger charge is 2.15. The van der Waals surface area contributed by atoms with Gasteiger partial charge in [0.05, 0.1) is 23.9 Å². The lowest BCUT2D eigenvalue weighted by Crippen LogP contribution is -2.31. The Morgan fingerprint density at radius 1 is 1.44 bits per heavy atom. The normalized spacial score (nSPS) is 12.2. The molecule has 0 saturated heterocycles. The molecular formula is C14H21N3O. The van der Waals surface area contributed by atoms with Gasteiger partial charge in [-0.15, -0.1) is 0 Å². The molecule has 0 radical (unpaired) electrons. The minimum Gasteiger partial charge on any atom is -0.399 e. The van der Waals surface area contributed by atoms with Crippen molar-refractivity contribution in [2.45, 2.75) is 26.8 Å². The third-order valence-electron chi connectivity index (χ3n) is 2.81. The molecule has 0 saturated carbocycles. The summed E-state index contributed by atoms with van der Waals surface area (Å²) in [5, 5.41) is 12.5. The van der Waals surface area contributed by atoms with Gasteiger partial charge in [-0.25, -0.2) is 0 Å². The molecule has 0 amide bonds. The van der Waals surface area contributed by atoms with Crippen molar-refractivity contribution in [2.24, 2.45) is 5.92 Å². The first-order valence-corrected chi connectivity index (χ1v) is 6.22. The van der Waals surface area contributed by atoms with E-state index in [4.69, 9.17) is 15.7 Å². The molecule has 0 aliphatic carbocycles. The third-order valence-corrected chi connectivity index (χ3v) is 2.81. The molecule has 0 aromatic heterocycles. The number of nitriles is 1. The van der Waals surface area contributed by atoms with Gasteiger partial charge in [0.25, 0.3) is 0 Å². The number of nitrogens with one attached hydrogen (secondary N) is 1. The number of nitrogens with zero attached hydrogens (tertiary/aromatic N) is 1. The van der Waals surface area contributed by atoms with E-state index in [1.807, 2.05) is 13.0 Å². The first-order chi connectivity index (χ1) is 8.58. The second-order valence-electron chi connectivity index (χ2n) is 4.57. The molecule has 18 heavy (non-hydrogen) atoms. The van der Waals surface area contributed by atoms with Crippen LogP contribution in [-0.2, 0) is 4.74 Å². The topological polar surface area (TPSA) is 71.1 Å². The second-order valence-corrected chi connectivity index (χ2v) is 4.57. The van der Waals surface area contributed by atoms with Crippen LogP contribution in [0.2, 0.25) is 0 Å². The summed E-state index contributed by atoms with van der Waals surface area (Å²) in [5.74, 6) is 0.417. The first-order valence-electron chi connectivity index (χ1n) is 6.22. The van der Waals surface area contributed by atoms with Crippen molar-refractivity contribution in [3.05, 3.63) is 23.8 Å². The van der Waals surface area contributed by atoms with Gasteiger partial charge in [-0.1, -0.05) is 13.8 Å². The van der Waals surface area contributed by atoms with Gasteiger partial charge in [0.15, 0.2) is 0 Å². The standard InChI is InChI=1S/C14H21N3O/c1-4-18-9-14(10(2)3)17-13-6-5-12(16)7-11(13)8-15/h5-7,10,14,17H,4,9,16H2,1-3H3. The molecule has 1 atom stereocenters. The second kappa shape index (κ2) is 6.87. The smallest absolute Gasteiger partial charge is 0.101 e. The Morgan fingerprint density at radius 3 is 2.72 bits per heavy atom. The van der Waals surface area contributed by atoms with E-state index in [0.29, 0.717) is 30.4 Å². The molecule has 0 fully saturated rings. The fourth-order valence-electron chi connectivity index (χ4n) is 1.63. The zero-order valence-electron chi connectivity index (χ0n) is 11.2. The van der Waals surface area contributed by atoms with Crippen LogP contribution in [0.1, 0.15) is 26.3 Å². The summed E-state index contributed by atoms with van der Waals surface area (Å²) in [7, 11) is 0. The number of rotatable bonds is 6. The van der Waals surface area contributed by atoms with E-state index in [1.54, 1.807) is 12.1 Å². The van der Waals surface area contributed by atoms with Crippen LogP contribution in [0.25, 0.3) is 0 Å². The Morgan fingerprint density at radius 2 is 2.17 bits per heavy atom. The largest absolute Gasteiger partial charge is 0.399 e. The van der Waals surface area contributed by atoms with Gasteiger partial charge in [0, 0.05) is 12.3 Å². The van der Waals surface area contributed by atoms with Crippen LogP contribution in [-0.4, -0.2) is 19.3 Å². The Hall–Kier alpha value is -1.73. The summed E-state index contributed by atoms with van der Waals surface area (Å²) in [5.41, 5.74) is 7.65. The predicted molar refractivity (Wildman–Crippen MR) is 74.3 cm³/mol. The van der Waals surface area contributed by atoms with E-state index in [2.05, 4.69) is 25.2 Å². The molecular weight excluding hydrogens is 226 g/mol. The first kappa shape index (κ1) is 14.3. The fourth-order valence-corrected chi connectivity index (χ4v) is 1.63. The minimum atomic E-state index is 0.181. The number of benzene rings is 1. The number of hydrogen-bond donors (Lipinski definition) is 2. The van der Waals surface area contributed by atoms with Crippen molar-refractivity contribution < 1.29 is 4.74 Å². The van der Waals surface area contributed by atoms with Crippen molar-refractivity contribution in [1.82, 2.24) is 0 Å². The number of anilines is 2. The highest BCUT2D eigenvalue weighted by Crippen LogP contribution is 2.20. The number of hydrogen-bond acceptors (Lipinski definition) is 4. The Kier molecular flexibility index (Phi) is 5.47. The minimum absolute atomic E-state index is 0.181. The van der Waals surface area contributed by atoms with Gasteiger partial charge >= 0.3 is 0 Å². The van der Waals surface area contributed by atoms with E-state index in [1.165, 1.54) is 0 Å². The SMILES string of the molecule is CCOCC(Nc1ccc(N)cc1C#N)C(C)C. The molecule has 1 aromatic rings. The van der Waals surface area contributed by atoms with Crippen LogP contribution in [0.15, 0.2) is 18.2 Å². The van der Waals surface area contributed by atoms with Gasteiger partial charge in [-0.2, -0.15) is 5.26 Å². The van der Waals surface area contributed by atoms with E-state index in [0.717, 1.165) is 5.69 Å². The van der Waals surface area contributed by atoms with Crippen LogP contribution in [0.3, 0.4) is 0 Å². The lowest BCUT2D eigenvalue weighted by molar-refractivity contribution is 0.127. The van der Waals surface area contributed by atoms with Crippen molar-refractivity contribution in [1.29, 1.82) is 5.26 Å². The van der Waals surface area contributed by atoms with Crippen LogP contribution in [0.5, 0.6) is 0 Å². The van der Waals surface area contributed by atoms with Crippen molar-refractivity contribution in [2.75, 3.05) is 24.3 Å². The average Bonchev–Trinajstić information content (AvgIpc) is 2.35. The maximum absolute atomic E-state index is 9.09. The summed E-state index contributed by atoms with van der Waals surface area (Å²) < 4.78 is 5.46. The molecule has 0 bridgehead atoms. The Balaban J connectivity index is 2.83. The molecule has 1 unspecified atom stereocenters. The van der Waals surface area contributed by atoms with Crippen molar-refractivity contribution >= 4 is 11.4 Å². The molecule has 0 aliphatic rings. The van der Waals surface area contributed by atoms with E-state index < -0.39 is 0 Å². The maximum Gasteiger partial charge on any atom is 0.101 e. The van der Waals surface area contributed by atoms with E-state index in [-0.39, 0.29) is 6.04 Å². The number of nitrogen functional groups attached to an aromatic ring is 1. The quantitative estimate of drug-likeness (QED) is 0.758. The van der Waals surface area contributed by atoms with Crippen LogP contribution < -0.4 is 11.1 Å². The van der Waals surface area contributed by atoms with Crippen LogP contribution in [0.4, 0.5) is 11.4 Å². The van der Waals surface area contributed by atoms with Crippen molar-refractivity contribution in [3.8, 4) is 6.07 Å². The molecule has 4 heteroatoms. The highest BCUT2D eigenvalue weighted by atomic mass is 16.5. The molecule has 0 spiro atoms. The lowest BCUT2D eigenvalue weighted by atomic mass is 10.0. The summed E-state index contributed by atoms with van der Waals surface area (Å²) in [6.07, 6.45) is 0. The molecule has 0 aliphatic heterocycles. The Labute approximate surface area is 109 Å². The summed E-state index contributed by atoms with van der Waals surface area (Å²) >= 11 is 0. The molecule has 0 heterocycles. The molecule has 1 aromatic carbocycles. The van der Waals surface area contributed by atoms with Crippen LogP contribution >= 0.6 is 0 Å². The summed E-state index contributed by atoms with van der Waals surface area (Å²) in [6, 6.07) is 7.65. The zero-order chi connectivity index (χ0) is 13.5. The van der Waals surface area contributed by atoms with Gasteiger partial charge in [0.2, 0.25) is 0 Å². The van der Waals surface area contributed by atoms with Crippen LogP contribution in [0, 0.1) is 17.2 Å². The highest BCUT2D eigenvalue weighted by molar-refractivity contribution is 5.63. The van der Waals surface area contributed by atoms with Gasteiger partial charge < -0.3 is 15.8 Å². The average molecular weight is 247 g/mol. The fraction of sp³-hybridized carbons (Fsp3) is 0.500. The molecule has 1 rings (SSSR count). The molecule has 4 nitrogen and oxygen atoms in total. The summed E-state index contributed by atoms with van der Waals surface area (Å²) in [4.78, 5) is 0.